The summed E-state index contributed by atoms with van der Waals surface area (Å²) in [5, 5.41) is 3.51. The lowest BCUT2D eigenvalue weighted by Gasteiger charge is -2.26. The highest BCUT2D eigenvalue weighted by Gasteiger charge is 2.28. The maximum Gasteiger partial charge on any atom is 0.264 e. The minimum atomic E-state index is -3.92. The summed E-state index contributed by atoms with van der Waals surface area (Å²) in [7, 11) is -3.92. The molecule has 0 bridgehead atoms. The van der Waals surface area contributed by atoms with Gasteiger partial charge in [-0.1, -0.05) is 47.0 Å². The van der Waals surface area contributed by atoms with E-state index < -0.39 is 10.0 Å². The number of aryl methyl sites for hydroxylation is 3. The van der Waals surface area contributed by atoms with Gasteiger partial charge in [0.05, 0.1) is 10.6 Å². The molecule has 0 heterocycles. The minimum Gasteiger partial charge on any atom is -0.354 e. The maximum atomic E-state index is 13.5. The van der Waals surface area contributed by atoms with E-state index in [0.29, 0.717) is 23.0 Å². The van der Waals surface area contributed by atoms with Crippen LogP contribution in [0.15, 0.2) is 76.5 Å². The molecular formula is C25H27ClN2O3S2. The molecule has 0 spiro atoms. The van der Waals surface area contributed by atoms with Crippen molar-refractivity contribution in [3.63, 3.8) is 0 Å². The molecule has 0 atom stereocenters. The highest BCUT2D eigenvalue weighted by Crippen LogP contribution is 2.27. The third-order valence-electron chi connectivity index (χ3n) is 5.02. The van der Waals surface area contributed by atoms with Gasteiger partial charge in [-0.2, -0.15) is 0 Å². The Labute approximate surface area is 205 Å². The smallest absolute Gasteiger partial charge is 0.264 e. The van der Waals surface area contributed by atoms with E-state index in [2.05, 4.69) is 5.32 Å². The second kappa shape index (κ2) is 11.1. The molecule has 0 saturated heterocycles. The molecule has 1 amide bonds. The summed E-state index contributed by atoms with van der Waals surface area (Å²) in [6, 6.07) is 19.6. The first-order chi connectivity index (χ1) is 15.7. The monoisotopic (exact) mass is 502 g/mol. The van der Waals surface area contributed by atoms with E-state index in [0.717, 1.165) is 21.6 Å². The van der Waals surface area contributed by atoms with Crippen molar-refractivity contribution >= 4 is 45.0 Å². The minimum absolute atomic E-state index is 0.152. The van der Waals surface area contributed by atoms with E-state index in [1.807, 2.05) is 57.2 Å². The zero-order chi connectivity index (χ0) is 24.0. The van der Waals surface area contributed by atoms with Crippen molar-refractivity contribution in [2.24, 2.45) is 0 Å². The number of rotatable bonds is 9. The lowest BCUT2D eigenvalue weighted by atomic mass is 10.1. The zero-order valence-corrected chi connectivity index (χ0v) is 21.2. The van der Waals surface area contributed by atoms with E-state index >= 15 is 0 Å². The maximum absolute atomic E-state index is 13.5. The molecule has 3 aromatic carbocycles. The van der Waals surface area contributed by atoms with Gasteiger partial charge in [0.25, 0.3) is 10.0 Å². The number of carbonyl (C=O) groups excluding carboxylic acids is 1. The number of anilines is 1. The highest BCUT2D eigenvalue weighted by molar-refractivity contribution is 7.99. The molecule has 0 radical (unpaired) electrons. The van der Waals surface area contributed by atoms with Crippen LogP contribution in [0.1, 0.15) is 16.7 Å². The molecule has 8 heteroatoms. The summed E-state index contributed by atoms with van der Waals surface area (Å²) < 4.78 is 28.2. The molecule has 0 aliphatic rings. The van der Waals surface area contributed by atoms with Crippen LogP contribution >= 0.6 is 23.4 Å². The van der Waals surface area contributed by atoms with Crippen LogP contribution in [0.3, 0.4) is 0 Å². The Morgan fingerprint density at radius 2 is 1.58 bits per heavy atom. The third-order valence-corrected chi connectivity index (χ3v) is 8.06. The fourth-order valence-corrected chi connectivity index (χ4v) is 5.68. The zero-order valence-electron chi connectivity index (χ0n) is 18.8. The largest absolute Gasteiger partial charge is 0.354 e. The summed E-state index contributed by atoms with van der Waals surface area (Å²) >= 11 is 7.49. The van der Waals surface area contributed by atoms with E-state index in [4.69, 9.17) is 11.6 Å². The number of carbonyl (C=O) groups is 1. The predicted molar refractivity (Wildman–Crippen MR) is 137 cm³/mol. The van der Waals surface area contributed by atoms with Crippen molar-refractivity contribution in [2.45, 2.75) is 30.6 Å². The molecule has 0 fully saturated rings. The molecule has 1 N–H and O–H groups in total. The Morgan fingerprint density at radius 3 is 2.21 bits per heavy atom. The van der Waals surface area contributed by atoms with Gasteiger partial charge < -0.3 is 5.32 Å². The number of hydrogen-bond acceptors (Lipinski definition) is 4. The quantitative estimate of drug-likeness (QED) is 0.315. The van der Waals surface area contributed by atoms with Gasteiger partial charge in [-0.25, -0.2) is 8.42 Å². The van der Waals surface area contributed by atoms with Crippen molar-refractivity contribution in [3.05, 3.63) is 88.4 Å². The molecule has 3 aromatic rings. The van der Waals surface area contributed by atoms with Gasteiger partial charge in [0, 0.05) is 22.2 Å². The molecule has 33 heavy (non-hydrogen) atoms. The Morgan fingerprint density at radius 1 is 0.939 bits per heavy atom. The highest BCUT2D eigenvalue weighted by atomic mass is 35.5. The van der Waals surface area contributed by atoms with Gasteiger partial charge in [-0.05, 0) is 68.8 Å². The van der Waals surface area contributed by atoms with Crippen molar-refractivity contribution in [2.75, 3.05) is 23.1 Å². The second-order valence-electron chi connectivity index (χ2n) is 7.77. The first kappa shape index (κ1) is 25.1. The van der Waals surface area contributed by atoms with Gasteiger partial charge in [0.1, 0.15) is 6.54 Å². The Hall–Kier alpha value is -2.48. The number of benzene rings is 3. The summed E-state index contributed by atoms with van der Waals surface area (Å²) in [6.07, 6.45) is 0. The SMILES string of the molecule is Cc1ccc(S(=O)(=O)N(CC(=O)NCCSc2ccc(Cl)cc2)c2ccc(C)cc2C)cc1. The van der Waals surface area contributed by atoms with Gasteiger partial charge in [-0.15, -0.1) is 11.8 Å². The first-order valence-electron chi connectivity index (χ1n) is 10.5. The van der Waals surface area contributed by atoms with E-state index in [1.54, 1.807) is 42.1 Å². The van der Waals surface area contributed by atoms with E-state index in [9.17, 15) is 13.2 Å². The van der Waals surface area contributed by atoms with Crippen LogP contribution in [0.2, 0.25) is 5.02 Å². The molecular weight excluding hydrogens is 476 g/mol. The summed E-state index contributed by atoms with van der Waals surface area (Å²) in [5.41, 5.74) is 3.26. The lowest BCUT2D eigenvalue weighted by Crippen LogP contribution is -2.41. The third kappa shape index (κ3) is 6.76. The van der Waals surface area contributed by atoms with Crippen molar-refractivity contribution in [1.29, 1.82) is 0 Å². The van der Waals surface area contributed by atoms with Gasteiger partial charge in [0.2, 0.25) is 5.91 Å². The van der Waals surface area contributed by atoms with Crippen LogP contribution in [-0.2, 0) is 14.8 Å². The summed E-state index contributed by atoms with van der Waals surface area (Å²) in [6.45, 7) is 5.80. The standard InChI is InChI=1S/C25H27ClN2O3S2/c1-18-4-11-23(12-5-18)33(30,31)28(24-13-6-19(2)16-20(24)3)17-25(29)27-14-15-32-22-9-7-21(26)8-10-22/h4-13,16H,14-15,17H2,1-3H3,(H,27,29). The number of thioether (sulfide) groups is 1. The average Bonchev–Trinajstić information content (AvgIpc) is 2.77. The van der Waals surface area contributed by atoms with Crippen LogP contribution in [0.4, 0.5) is 5.69 Å². The van der Waals surface area contributed by atoms with E-state index in [1.165, 1.54) is 4.31 Å². The number of nitrogens with one attached hydrogen (secondary N) is 1. The van der Waals surface area contributed by atoms with Crippen LogP contribution in [0.25, 0.3) is 0 Å². The van der Waals surface area contributed by atoms with Crippen LogP contribution in [0, 0.1) is 20.8 Å². The van der Waals surface area contributed by atoms with Crippen LogP contribution < -0.4 is 9.62 Å². The molecule has 0 aliphatic carbocycles. The van der Waals surface area contributed by atoms with Crippen LogP contribution in [-0.4, -0.2) is 33.2 Å². The number of nitrogens with zero attached hydrogens (tertiary/aromatic N) is 1. The second-order valence-corrected chi connectivity index (χ2v) is 11.2. The summed E-state index contributed by atoms with van der Waals surface area (Å²) in [4.78, 5) is 13.9. The van der Waals surface area contributed by atoms with Crippen molar-refractivity contribution in [3.8, 4) is 0 Å². The molecule has 174 valence electrons. The Bertz CT molecular complexity index is 1210. The topological polar surface area (TPSA) is 66.5 Å². The fourth-order valence-electron chi connectivity index (χ4n) is 3.30. The van der Waals surface area contributed by atoms with Gasteiger partial charge in [0.15, 0.2) is 0 Å². The fraction of sp³-hybridized carbons (Fsp3) is 0.240. The average molecular weight is 503 g/mol. The number of halogens is 1. The Balaban J connectivity index is 1.74. The molecule has 0 aliphatic heterocycles. The number of sulfonamides is 1. The van der Waals surface area contributed by atoms with Gasteiger partial charge in [-0.3, -0.25) is 9.10 Å². The first-order valence-corrected chi connectivity index (χ1v) is 13.3. The predicted octanol–water partition coefficient (Wildman–Crippen LogP) is 5.37. The van der Waals surface area contributed by atoms with Gasteiger partial charge >= 0.3 is 0 Å². The van der Waals surface area contributed by atoms with E-state index in [-0.39, 0.29) is 17.3 Å². The Kier molecular flexibility index (Phi) is 8.46. The number of hydrogen-bond donors (Lipinski definition) is 1. The normalized spacial score (nSPS) is 11.3. The van der Waals surface area contributed by atoms with Crippen molar-refractivity contribution in [1.82, 2.24) is 5.32 Å². The number of amides is 1. The van der Waals surface area contributed by atoms with Crippen LogP contribution in [0.5, 0.6) is 0 Å². The lowest BCUT2D eigenvalue weighted by molar-refractivity contribution is -0.119. The summed E-state index contributed by atoms with van der Waals surface area (Å²) in [5.74, 6) is 0.295. The molecule has 5 nitrogen and oxygen atoms in total. The molecule has 0 saturated carbocycles. The van der Waals surface area contributed by atoms with Crippen molar-refractivity contribution < 1.29 is 13.2 Å². The molecule has 3 rings (SSSR count). The molecule has 0 aromatic heterocycles. The molecule has 0 unspecified atom stereocenters.